The Kier molecular flexibility index (Phi) is 5.15. The molecule has 0 bridgehead atoms. The SMILES string of the molecule is CC(N)Cc1cccc(OCc2ccc(Br)cc2F)c1. The highest BCUT2D eigenvalue weighted by molar-refractivity contribution is 9.10. The molecule has 0 amide bonds. The van der Waals surface area contributed by atoms with Crippen molar-refractivity contribution < 1.29 is 9.13 Å². The van der Waals surface area contributed by atoms with Gasteiger partial charge in [0.15, 0.2) is 0 Å². The van der Waals surface area contributed by atoms with Gasteiger partial charge in [-0.25, -0.2) is 4.39 Å². The van der Waals surface area contributed by atoms with Crippen molar-refractivity contribution in [2.24, 2.45) is 5.73 Å². The predicted octanol–water partition coefficient (Wildman–Crippen LogP) is 4.06. The van der Waals surface area contributed by atoms with Crippen LogP contribution < -0.4 is 10.5 Å². The lowest BCUT2D eigenvalue weighted by molar-refractivity contribution is 0.299. The Morgan fingerprint density at radius 2 is 2.05 bits per heavy atom. The molecule has 0 aliphatic heterocycles. The van der Waals surface area contributed by atoms with E-state index in [1.165, 1.54) is 6.07 Å². The van der Waals surface area contributed by atoms with E-state index in [0.717, 1.165) is 22.2 Å². The van der Waals surface area contributed by atoms with Crippen molar-refractivity contribution in [2.75, 3.05) is 0 Å². The van der Waals surface area contributed by atoms with Gasteiger partial charge in [0, 0.05) is 16.1 Å². The molecule has 0 saturated heterocycles. The molecular weight excluding hydrogens is 321 g/mol. The largest absolute Gasteiger partial charge is 0.489 e. The fraction of sp³-hybridized carbons (Fsp3) is 0.250. The Bertz CT molecular complexity index is 586. The van der Waals surface area contributed by atoms with Crippen LogP contribution in [0.4, 0.5) is 4.39 Å². The van der Waals surface area contributed by atoms with E-state index in [0.29, 0.717) is 5.56 Å². The van der Waals surface area contributed by atoms with Crippen LogP contribution in [0.2, 0.25) is 0 Å². The zero-order chi connectivity index (χ0) is 14.5. The van der Waals surface area contributed by atoms with Gasteiger partial charge in [-0.2, -0.15) is 0 Å². The summed E-state index contributed by atoms with van der Waals surface area (Å²) in [6.45, 7) is 2.17. The van der Waals surface area contributed by atoms with Gasteiger partial charge >= 0.3 is 0 Å². The summed E-state index contributed by atoms with van der Waals surface area (Å²) in [4.78, 5) is 0. The van der Waals surface area contributed by atoms with Gasteiger partial charge < -0.3 is 10.5 Å². The zero-order valence-electron chi connectivity index (χ0n) is 11.3. The van der Waals surface area contributed by atoms with Gasteiger partial charge in [-0.1, -0.05) is 34.1 Å². The van der Waals surface area contributed by atoms with Crippen molar-refractivity contribution in [3.63, 3.8) is 0 Å². The first-order chi connectivity index (χ1) is 9.54. The zero-order valence-corrected chi connectivity index (χ0v) is 12.9. The lowest BCUT2D eigenvalue weighted by Gasteiger charge is -2.10. The van der Waals surface area contributed by atoms with Crippen molar-refractivity contribution in [1.29, 1.82) is 0 Å². The highest BCUT2D eigenvalue weighted by Gasteiger charge is 2.05. The molecule has 1 unspecified atom stereocenters. The number of ether oxygens (including phenoxy) is 1. The number of nitrogens with two attached hydrogens (primary N) is 1. The Hall–Kier alpha value is -1.39. The second-order valence-corrected chi connectivity index (χ2v) is 5.77. The third-order valence-electron chi connectivity index (χ3n) is 2.87. The monoisotopic (exact) mass is 337 g/mol. The Morgan fingerprint density at radius 3 is 2.75 bits per heavy atom. The molecule has 4 heteroatoms. The molecule has 20 heavy (non-hydrogen) atoms. The highest BCUT2D eigenvalue weighted by atomic mass is 79.9. The van der Waals surface area contributed by atoms with Gasteiger partial charge in [0.1, 0.15) is 18.2 Å². The molecule has 106 valence electrons. The molecule has 2 nitrogen and oxygen atoms in total. The van der Waals surface area contributed by atoms with E-state index in [1.54, 1.807) is 12.1 Å². The van der Waals surface area contributed by atoms with Crippen molar-refractivity contribution in [3.05, 3.63) is 63.9 Å². The minimum atomic E-state index is -0.272. The van der Waals surface area contributed by atoms with Crippen molar-refractivity contribution in [3.8, 4) is 5.75 Å². The van der Waals surface area contributed by atoms with Crippen LogP contribution in [-0.2, 0) is 13.0 Å². The number of halogens is 2. The fourth-order valence-electron chi connectivity index (χ4n) is 1.93. The maximum atomic E-state index is 13.7. The molecule has 1 atom stereocenters. The standard InChI is InChI=1S/C16H17BrFNO/c1-11(19)7-12-3-2-4-15(8-12)20-10-13-5-6-14(17)9-16(13)18/h2-6,8-9,11H,7,10,19H2,1H3. The molecular formula is C16H17BrFNO. The van der Waals surface area contributed by atoms with Crippen molar-refractivity contribution in [1.82, 2.24) is 0 Å². The summed E-state index contributed by atoms with van der Waals surface area (Å²) in [6.07, 6.45) is 0.795. The van der Waals surface area contributed by atoms with E-state index in [2.05, 4.69) is 15.9 Å². The second kappa shape index (κ2) is 6.86. The number of benzene rings is 2. The summed E-state index contributed by atoms with van der Waals surface area (Å²) in [5.74, 6) is 0.455. The third kappa shape index (κ3) is 4.32. The average molecular weight is 338 g/mol. The van der Waals surface area contributed by atoms with Crippen LogP contribution in [0, 0.1) is 5.82 Å². The van der Waals surface area contributed by atoms with Crippen molar-refractivity contribution >= 4 is 15.9 Å². The smallest absolute Gasteiger partial charge is 0.130 e. The van der Waals surface area contributed by atoms with E-state index >= 15 is 0 Å². The predicted molar refractivity (Wildman–Crippen MR) is 82.2 cm³/mol. The topological polar surface area (TPSA) is 35.2 Å². The molecule has 0 aliphatic rings. The lowest BCUT2D eigenvalue weighted by Crippen LogP contribution is -2.17. The van der Waals surface area contributed by atoms with Crippen LogP contribution in [0.3, 0.4) is 0 Å². The van der Waals surface area contributed by atoms with Crippen LogP contribution in [0.1, 0.15) is 18.1 Å². The van der Waals surface area contributed by atoms with Gasteiger partial charge in [-0.05, 0) is 43.2 Å². The first-order valence-corrected chi connectivity index (χ1v) is 7.25. The first-order valence-electron chi connectivity index (χ1n) is 6.46. The number of hydrogen-bond donors (Lipinski definition) is 1. The second-order valence-electron chi connectivity index (χ2n) is 4.85. The normalized spacial score (nSPS) is 12.2. The van der Waals surface area contributed by atoms with E-state index in [1.807, 2.05) is 31.2 Å². The van der Waals surface area contributed by atoms with Crippen molar-refractivity contribution in [2.45, 2.75) is 26.0 Å². The average Bonchev–Trinajstić information content (AvgIpc) is 2.37. The third-order valence-corrected chi connectivity index (χ3v) is 3.36. The summed E-state index contributed by atoms with van der Waals surface area (Å²) in [6, 6.07) is 12.8. The van der Waals surface area contributed by atoms with Gasteiger partial charge in [0.05, 0.1) is 0 Å². The molecule has 0 aliphatic carbocycles. The summed E-state index contributed by atoms with van der Waals surface area (Å²) < 4.78 is 20.0. The van der Waals surface area contributed by atoms with E-state index < -0.39 is 0 Å². The molecule has 0 fully saturated rings. The minimum absolute atomic E-state index is 0.106. The molecule has 0 spiro atoms. The van der Waals surface area contributed by atoms with E-state index in [-0.39, 0.29) is 18.5 Å². The summed E-state index contributed by atoms with van der Waals surface area (Å²) in [7, 11) is 0. The maximum Gasteiger partial charge on any atom is 0.130 e. The Labute approximate surface area is 126 Å². The number of hydrogen-bond acceptors (Lipinski definition) is 2. The minimum Gasteiger partial charge on any atom is -0.489 e. The Balaban J connectivity index is 2.03. The molecule has 0 aromatic heterocycles. The van der Waals surface area contributed by atoms with Gasteiger partial charge in [-0.15, -0.1) is 0 Å². The Morgan fingerprint density at radius 1 is 1.25 bits per heavy atom. The summed E-state index contributed by atoms with van der Waals surface area (Å²) in [5, 5.41) is 0. The quantitative estimate of drug-likeness (QED) is 0.892. The number of rotatable bonds is 5. The first kappa shape index (κ1) is 15.0. The van der Waals surface area contributed by atoms with Gasteiger partial charge in [0.25, 0.3) is 0 Å². The van der Waals surface area contributed by atoms with Gasteiger partial charge in [-0.3, -0.25) is 0 Å². The lowest BCUT2D eigenvalue weighted by atomic mass is 10.1. The maximum absolute atomic E-state index is 13.7. The van der Waals surface area contributed by atoms with Crippen LogP contribution in [0.25, 0.3) is 0 Å². The van der Waals surface area contributed by atoms with Crippen LogP contribution in [0.5, 0.6) is 5.75 Å². The van der Waals surface area contributed by atoms with Crippen LogP contribution in [0.15, 0.2) is 46.9 Å². The van der Waals surface area contributed by atoms with Crippen LogP contribution >= 0.6 is 15.9 Å². The fourth-order valence-corrected chi connectivity index (χ4v) is 2.27. The van der Waals surface area contributed by atoms with E-state index in [4.69, 9.17) is 10.5 Å². The molecule has 0 saturated carbocycles. The molecule has 2 N–H and O–H groups in total. The molecule has 2 rings (SSSR count). The van der Waals surface area contributed by atoms with Crippen LogP contribution in [-0.4, -0.2) is 6.04 Å². The molecule has 2 aromatic carbocycles. The highest BCUT2D eigenvalue weighted by Crippen LogP contribution is 2.19. The molecule has 0 heterocycles. The van der Waals surface area contributed by atoms with Gasteiger partial charge in [0.2, 0.25) is 0 Å². The van der Waals surface area contributed by atoms with E-state index in [9.17, 15) is 4.39 Å². The molecule has 2 aromatic rings. The summed E-state index contributed by atoms with van der Waals surface area (Å²) in [5.41, 5.74) is 7.43. The molecule has 0 radical (unpaired) electrons. The summed E-state index contributed by atoms with van der Waals surface area (Å²) >= 11 is 3.23.